The Morgan fingerprint density at radius 3 is 2.42 bits per heavy atom. The van der Waals surface area contributed by atoms with E-state index in [0.29, 0.717) is 10.9 Å². The van der Waals surface area contributed by atoms with Crippen molar-refractivity contribution in [1.29, 1.82) is 0 Å². The highest BCUT2D eigenvalue weighted by atomic mass is 32.2. The number of fused-ring (bicyclic) bond motifs is 2. The standard InChI is InChI=1S/C15H21NO2S/c1-19(17,18)14-6-3-11(4-7-14)10-16-15-9-12-2-5-13(15)8-12/h3-4,6-7,12-13,15-16H,2,5,8-10H2,1H3. The normalized spacial score (nSPS) is 29.8. The first-order valence-corrected chi connectivity index (χ1v) is 8.94. The monoisotopic (exact) mass is 279 g/mol. The van der Waals surface area contributed by atoms with Gasteiger partial charge in [-0.15, -0.1) is 0 Å². The fraction of sp³-hybridized carbons (Fsp3) is 0.600. The first kappa shape index (κ1) is 13.1. The van der Waals surface area contributed by atoms with Gasteiger partial charge < -0.3 is 5.32 Å². The topological polar surface area (TPSA) is 46.2 Å². The summed E-state index contributed by atoms with van der Waals surface area (Å²) in [5, 5.41) is 3.64. The van der Waals surface area contributed by atoms with Crippen molar-refractivity contribution in [3.05, 3.63) is 29.8 Å². The van der Waals surface area contributed by atoms with Crippen LogP contribution in [0.5, 0.6) is 0 Å². The molecule has 3 nitrogen and oxygen atoms in total. The molecule has 0 heterocycles. The van der Waals surface area contributed by atoms with Crippen molar-refractivity contribution in [1.82, 2.24) is 5.32 Å². The summed E-state index contributed by atoms with van der Waals surface area (Å²) in [4.78, 5) is 0.399. The van der Waals surface area contributed by atoms with Gasteiger partial charge in [0, 0.05) is 18.8 Å². The van der Waals surface area contributed by atoms with Crippen LogP contribution in [0.15, 0.2) is 29.2 Å². The zero-order valence-electron chi connectivity index (χ0n) is 11.3. The molecule has 2 bridgehead atoms. The molecule has 0 saturated heterocycles. The predicted octanol–water partition coefficient (Wildman–Crippen LogP) is 2.37. The molecule has 3 rings (SSSR count). The van der Waals surface area contributed by atoms with E-state index in [0.717, 1.165) is 23.9 Å². The van der Waals surface area contributed by atoms with Crippen molar-refractivity contribution in [3.8, 4) is 0 Å². The zero-order chi connectivity index (χ0) is 13.5. The lowest BCUT2D eigenvalue weighted by Gasteiger charge is -2.23. The van der Waals surface area contributed by atoms with E-state index in [9.17, 15) is 8.42 Å². The highest BCUT2D eigenvalue weighted by Gasteiger charge is 2.38. The molecule has 1 N–H and O–H groups in total. The summed E-state index contributed by atoms with van der Waals surface area (Å²) >= 11 is 0. The van der Waals surface area contributed by atoms with Crippen LogP contribution in [0.3, 0.4) is 0 Å². The lowest BCUT2D eigenvalue weighted by atomic mass is 9.95. The molecule has 0 aliphatic heterocycles. The van der Waals surface area contributed by atoms with Gasteiger partial charge in [-0.1, -0.05) is 18.6 Å². The maximum Gasteiger partial charge on any atom is 0.175 e. The van der Waals surface area contributed by atoms with Crippen LogP contribution in [-0.4, -0.2) is 20.7 Å². The molecule has 4 heteroatoms. The van der Waals surface area contributed by atoms with Gasteiger partial charge in [-0.2, -0.15) is 0 Å². The number of rotatable bonds is 4. The van der Waals surface area contributed by atoms with E-state index >= 15 is 0 Å². The summed E-state index contributed by atoms with van der Waals surface area (Å²) < 4.78 is 22.8. The lowest BCUT2D eigenvalue weighted by Crippen LogP contribution is -2.33. The summed E-state index contributed by atoms with van der Waals surface area (Å²) in [5.41, 5.74) is 1.16. The maximum atomic E-state index is 11.4. The number of sulfone groups is 1. The molecule has 0 amide bonds. The van der Waals surface area contributed by atoms with Crippen molar-refractivity contribution >= 4 is 9.84 Å². The van der Waals surface area contributed by atoms with E-state index in [4.69, 9.17) is 0 Å². The third kappa shape index (κ3) is 2.84. The fourth-order valence-corrected chi connectivity index (χ4v) is 4.23. The first-order chi connectivity index (χ1) is 9.02. The molecule has 3 atom stereocenters. The summed E-state index contributed by atoms with van der Waals surface area (Å²) in [6.45, 7) is 0.845. The second-order valence-electron chi connectivity index (χ2n) is 6.08. The van der Waals surface area contributed by atoms with Crippen molar-refractivity contribution < 1.29 is 8.42 Å². The summed E-state index contributed by atoms with van der Waals surface area (Å²) in [6, 6.07) is 7.90. The molecule has 2 aliphatic rings. The smallest absolute Gasteiger partial charge is 0.175 e. The Hall–Kier alpha value is -0.870. The van der Waals surface area contributed by atoms with Gasteiger partial charge >= 0.3 is 0 Å². The van der Waals surface area contributed by atoms with Crippen LogP contribution in [0.4, 0.5) is 0 Å². The molecular formula is C15H21NO2S. The molecular weight excluding hydrogens is 258 g/mol. The summed E-state index contributed by atoms with van der Waals surface area (Å²) in [7, 11) is -3.08. The first-order valence-electron chi connectivity index (χ1n) is 7.05. The van der Waals surface area contributed by atoms with Crippen LogP contribution in [0.2, 0.25) is 0 Å². The Kier molecular flexibility index (Phi) is 3.39. The summed E-state index contributed by atoms with van der Waals surface area (Å²) in [6.07, 6.45) is 6.79. The van der Waals surface area contributed by atoms with Crippen LogP contribution in [0, 0.1) is 11.8 Å². The molecule has 2 fully saturated rings. The average Bonchev–Trinajstić information content (AvgIpc) is 2.98. The third-order valence-corrected chi connectivity index (χ3v) is 5.79. The Bertz CT molecular complexity index is 550. The van der Waals surface area contributed by atoms with Crippen LogP contribution in [0.1, 0.15) is 31.2 Å². The molecule has 1 aromatic carbocycles. The molecule has 1 aromatic rings. The molecule has 0 spiro atoms. The zero-order valence-corrected chi connectivity index (χ0v) is 12.1. The van der Waals surface area contributed by atoms with Crippen molar-refractivity contribution in [2.24, 2.45) is 11.8 Å². The van der Waals surface area contributed by atoms with Gasteiger partial charge in [-0.05, 0) is 48.8 Å². The minimum absolute atomic E-state index is 0.399. The van der Waals surface area contributed by atoms with Gasteiger partial charge in [0.05, 0.1) is 4.90 Å². The Labute approximate surface area is 115 Å². The molecule has 2 aliphatic carbocycles. The number of benzene rings is 1. The van der Waals surface area contributed by atoms with Gasteiger partial charge in [-0.3, -0.25) is 0 Å². The molecule has 104 valence electrons. The van der Waals surface area contributed by atoms with Gasteiger partial charge in [0.25, 0.3) is 0 Å². The van der Waals surface area contributed by atoms with E-state index in [1.165, 1.54) is 31.9 Å². The van der Waals surface area contributed by atoms with Crippen molar-refractivity contribution in [3.63, 3.8) is 0 Å². The Morgan fingerprint density at radius 2 is 1.89 bits per heavy atom. The second kappa shape index (κ2) is 4.91. The molecule has 19 heavy (non-hydrogen) atoms. The quantitative estimate of drug-likeness (QED) is 0.920. The predicted molar refractivity (Wildman–Crippen MR) is 75.6 cm³/mol. The van der Waals surface area contributed by atoms with E-state index in [1.54, 1.807) is 12.1 Å². The van der Waals surface area contributed by atoms with Crippen LogP contribution < -0.4 is 5.32 Å². The maximum absolute atomic E-state index is 11.4. The van der Waals surface area contributed by atoms with Crippen molar-refractivity contribution in [2.45, 2.75) is 43.2 Å². The number of hydrogen-bond donors (Lipinski definition) is 1. The summed E-state index contributed by atoms with van der Waals surface area (Å²) in [5.74, 6) is 1.83. The van der Waals surface area contributed by atoms with Gasteiger partial charge in [-0.25, -0.2) is 8.42 Å². The molecule has 0 aromatic heterocycles. The molecule has 0 radical (unpaired) electrons. The largest absolute Gasteiger partial charge is 0.310 e. The number of hydrogen-bond acceptors (Lipinski definition) is 3. The van der Waals surface area contributed by atoms with Gasteiger partial charge in [0.1, 0.15) is 0 Å². The highest BCUT2D eigenvalue weighted by molar-refractivity contribution is 7.90. The van der Waals surface area contributed by atoms with E-state index in [-0.39, 0.29) is 0 Å². The van der Waals surface area contributed by atoms with Crippen molar-refractivity contribution in [2.75, 3.05) is 6.26 Å². The van der Waals surface area contributed by atoms with E-state index in [2.05, 4.69) is 5.32 Å². The molecule has 2 saturated carbocycles. The Balaban J connectivity index is 1.59. The number of nitrogens with one attached hydrogen (secondary N) is 1. The SMILES string of the molecule is CS(=O)(=O)c1ccc(CNC2CC3CCC2C3)cc1. The third-order valence-electron chi connectivity index (χ3n) is 4.66. The van der Waals surface area contributed by atoms with E-state index < -0.39 is 9.84 Å². The lowest BCUT2D eigenvalue weighted by molar-refractivity contribution is 0.350. The van der Waals surface area contributed by atoms with Crippen LogP contribution >= 0.6 is 0 Å². The minimum atomic E-state index is -3.08. The van der Waals surface area contributed by atoms with Crippen LogP contribution in [-0.2, 0) is 16.4 Å². The minimum Gasteiger partial charge on any atom is -0.310 e. The van der Waals surface area contributed by atoms with Gasteiger partial charge in [0.2, 0.25) is 0 Å². The van der Waals surface area contributed by atoms with Crippen LogP contribution in [0.25, 0.3) is 0 Å². The van der Waals surface area contributed by atoms with Gasteiger partial charge in [0.15, 0.2) is 9.84 Å². The second-order valence-corrected chi connectivity index (χ2v) is 8.09. The fourth-order valence-electron chi connectivity index (χ4n) is 3.60. The average molecular weight is 279 g/mol. The molecule has 3 unspecified atom stereocenters. The van der Waals surface area contributed by atoms with E-state index in [1.807, 2.05) is 12.1 Å². The highest BCUT2D eigenvalue weighted by Crippen LogP contribution is 2.44. The Morgan fingerprint density at radius 1 is 1.16 bits per heavy atom.